The van der Waals surface area contributed by atoms with Crippen molar-refractivity contribution in [2.45, 2.75) is 52.6 Å². The van der Waals surface area contributed by atoms with Gasteiger partial charge in [0.05, 0.1) is 0 Å². The third-order valence-corrected chi connectivity index (χ3v) is 5.16. The van der Waals surface area contributed by atoms with Gasteiger partial charge < -0.3 is 9.15 Å². The van der Waals surface area contributed by atoms with Crippen molar-refractivity contribution in [2.75, 3.05) is 0 Å². The third kappa shape index (κ3) is 4.72. The van der Waals surface area contributed by atoms with Crippen molar-refractivity contribution >= 4 is 17.0 Å². The topological polar surface area (TPSA) is 39.4 Å². The van der Waals surface area contributed by atoms with Gasteiger partial charge in [0.1, 0.15) is 17.9 Å². The second-order valence-electron chi connectivity index (χ2n) is 7.20. The minimum absolute atomic E-state index is 0.223. The highest BCUT2D eigenvalue weighted by Gasteiger charge is 2.12. The summed E-state index contributed by atoms with van der Waals surface area (Å²) >= 11 is 0. The van der Waals surface area contributed by atoms with Crippen LogP contribution in [0.5, 0.6) is 5.75 Å². The van der Waals surface area contributed by atoms with Crippen LogP contribution in [0.25, 0.3) is 17.0 Å². The molecule has 1 aromatic heterocycles. The summed E-state index contributed by atoms with van der Waals surface area (Å²) in [5, 5.41) is 0.979. The van der Waals surface area contributed by atoms with Crippen molar-refractivity contribution in [3.05, 3.63) is 81.7 Å². The predicted molar refractivity (Wildman–Crippen MR) is 116 cm³/mol. The summed E-state index contributed by atoms with van der Waals surface area (Å²) in [5.41, 5.74) is 4.34. The maximum absolute atomic E-state index is 12.5. The lowest BCUT2D eigenvalue weighted by molar-refractivity contribution is 0.306. The largest absolute Gasteiger partial charge is 0.489 e. The predicted octanol–water partition coefficient (Wildman–Crippen LogP) is 6.45. The molecule has 3 rings (SSSR count). The molecule has 0 unspecified atom stereocenters. The van der Waals surface area contributed by atoms with Gasteiger partial charge in [-0.1, -0.05) is 63.1 Å². The number of aryl methyl sites for hydroxylation is 1. The van der Waals surface area contributed by atoms with Crippen LogP contribution >= 0.6 is 0 Å². The monoisotopic (exact) mass is 376 g/mol. The van der Waals surface area contributed by atoms with Crippen LogP contribution in [0, 0.1) is 6.92 Å². The van der Waals surface area contributed by atoms with Crippen LogP contribution in [0.3, 0.4) is 0 Å². The maximum Gasteiger partial charge on any atom is 0.339 e. The summed E-state index contributed by atoms with van der Waals surface area (Å²) in [6, 6.07) is 13.8. The van der Waals surface area contributed by atoms with E-state index in [2.05, 4.69) is 13.5 Å². The molecule has 0 N–H and O–H groups in total. The van der Waals surface area contributed by atoms with Crippen LogP contribution < -0.4 is 10.4 Å². The number of rotatable bonds is 9. The molecule has 0 amide bonds. The molecule has 0 aliphatic rings. The van der Waals surface area contributed by atoms with Crippen molar-refractivity contribution in [2.24, 2.45) is 0 Å². The van der Waals surface area contributed by atoms with Gasteiger partial charge in [0.15, 0.2) is 0 Å². The fourth-order valence-corrected chi connectivity index (χ4v) is 3.40. The standard InChI is InChI=1S/C25H28O3/c1-4-6-7-8-9-23-18(3)22-15-14-21(16-24(22)28-25(23)26)27-17-20-12-10-19(5-2)11-13-20/h5,10-16H,2,4,6-9,17H2,1,3H3. The smallest absolute Gasteiger partial charge is 0.339 e. The van der Waals surface area contributed by atoms with E-state index in [0.717, 1.165) is 46.9 Å². The van der Waals surface area contributed by atoms with Crippen LogP contribution in [-0.4, -0.2) is 0 Å². The molecule has 0 saturated heterocycles. The van der Waals surface area contributed by atoms with Gasteiger partial charge in [0.25, 0.3) is 0 Å². The fourth-order valence-electron chi connectivity index (χ4n) is 3.40. The first-order chi connectivity index (χ1) is 13.6. The Morgan fingerprint density at radius 2 is 1.86 bits per heavy atom. The van der Waals surface area contributed by atoms with Gasteiger partial charge >= 0.3 is 5.63 Å². The van der Waals surface area contributed by atoms with E-state index < -0.39 is 0 Å². The van der Waals surface area contributed by atoms with Crippen molar-refractivity contribution in [1.29, 1.82) is 0 Å². The van der Waals surface area contributed by atoms with E-state index in [9.17, 15) is 4.79 Å². The van der Waals surface area contributed by atoms with E-state index in [-0.39, 0.29) is 5.63 Å². The normalized spacial score (nSPS) is 10.9. The highest BCUT2D eigenvalue weighted by molar-refractivity contribution is 5.82. The van der Waals surface area contributed by atoms with Gasteiger partial charge in [0, 0.05) is 17.0 Å². The number of unbranched alkanes of at least 4 members (excludes halogenated alkanes) is 3. The highest BCUT2D eigenvalue weighted by Crippen LogP contribution is 2.25. The van der Waals surface area contributed by atoms with E-state index in [4.69, 9.17) is 9.15 Å². The Morgan fingerprint density at radius 1 is 1.07 bits per heavy atom. The maximum atomic E-state index is 12.5. The summed E-state index contributed by atoms with van der Waals surface area (Å²) in [7, 11) is 0. The second kappa shape index (κ2) is 9.41. The molecule has 3 nitrogen and oxygen atoms in total. The minimum atomic E-state index is -0.223. The first-order valence-corrected chi connectivity index (χ1v) is 10.0. The van der Waals surface area contributed by atoms with E-state index in [0.29, 0.717) is 17.9 Å². The molecule has 3 aromatic rings. The average Bonchev–Trinajstić information content (AvgIpc) is 2.71. The Labute approximate surface area is 166 Å². The SMILES string of the molecule is C=Cc1ccc(COc2ccc3c(C)c(CCCCCC)c(=O)oc3c2)cc1. The number of fused-ring (bicyclic) bond motifs is 1. The molecule has 146 valence electrons. The van der Waals surface area contributed by atoms with E-state index in [1.54, 1.807) is 0 Å². The van der Waals surface area contributed by atoms with Crippen molar-refractivity contribution < 1.29 is 9.15 Å². The molecule has 3 heteroatoms. The van der Waals surface area contributed by atoms with Gasteiger partial charge in [-0.3, -0.25) is 0 Å². The van der Waals surface area contributed by atoms with Crippen LogP contribution in [0.4, 0.5) is 0 Å². The van der Waals surface area contributed by atoms with Crippen LogP contribution in [0.15, 0.2) is 58.3 Å². The quantitative estimate of drug-likeness (QED) is 0.318. The summed E-state index contributed by atoms with van der Waals surface area (Å²) in [6.07, 6.45) is 7.16. The summed E-state index contributed by atoms with van der Waals surface area (Å²) in [4.78, 5) is 12.5. The first-order valence-electron chi connectivity index (χ1n) is 10.0. The Morgan fingerprint density at radius 3 is 2.57 bits per heavy atom. The number of benzene rings is 2. The summed E-state index contributed by atoms with van der Waals surface area (Å²) in [6.45, 7) is 8.42. The molecule has 0 radical (unpaired) electrons. The lowest BCUT2D eigenvalue weighted by Crippen LogP contribution is -2.10. The van der Waals surface area contributed by atoms with Gasteiger partial charge in [-0.05, 0) is 48.6 Å². The molecule has 28 heavy (non-hydrogen) atoms. The van der Waals surface area contributed by atoms with Gasteiger partial charge in [-0.2, -0.15) is 0 Å². The van der Waals surface area contributed by atoms with Gasteiger partial charge in [-0.25, -0.2) is 4.79 Å². The molecule has 0 atom stereocenters. The molecule has 0 spiro atoms. The molecule has 0 aliphatic carbocycles. The van der Waals surface area contributed by atoms with Crippen LogP contribution in [0.1, 0.15) is 54.9 Å². The average molecular weight is 376 g/mol. The third-order valence-electron chi connectivity index (χ3n) is 5.16. The zero-order valence-electron chi connectivity index (χ0n) is 16.8. The zero-order valence-corrected chi connectivity index (χ0v) is 16.8. The number of hydrogen-bond donors (Lipinski definition) is 0. The van der Waals surface area contributed by atoms with E-state index in [1.165, 1.54) is 12.8 Å². The summed E-state index contributed by atoms with van der Waals surface area (Å²) < 4.78 is 11.5. The molecule has 1 heterocycles. The lowest BCUT2D eigenvalue weighted by Gasteiger charge is -2.10. The molecule has 0 bridgehead atoms. The molecule has 0 fully saturated rings. The Hall–Kier alpha value is -2.81. The van der Waals surface area contributed by atoms with Crippen molar-refractivity contribution in [3.8, 4) is 5.75 Å². The van der Waals surface area contributed by atoms with Crippen LogP contribution in [-0.2, 0) is 13.0 Å². The molecule has 0 saturated carbocycles. The molecular formula is C25H28O3. The Balaban J connectivity index is 1.75. The highest BCUT2D eigenvalue weighted by atomic mass is 16.5. The number of hydrogen-bond acceptors (Lipinski definition) is 3. The second-order valence-corrected chi connectivity index (χ2v) is 7.20. The Kier molecular flexibility index (Phi) is 6.70. The van der Waals surface area contributed by atoms with Gasteiger partial charge in [-0.15, -0.1) is 0 Å². The first kappa shape index (κ1) is 19.9. The molecular weight excluding hydrogens is 348 g/mol. The van der Waals surface area contributed by atoms with E-state index in [1.807, 2.05) is 55.5 Å². The molecule has 2 aromatic carbocycles. The van der Waals surface area contributed by atoms with Crippen molar-refractivity contribution in [3.63, 3.8) is 0 Å². The minimum Gasteiger partial charge on any atom is -0.489 e. The number of ether oxygens (including phenoxy) is 1. The fraction of sp³-hybridized carbons (Fsp3) is 0.320. The lowest BCUT2D eigenvalue weighted by atomic mass is 10.0. The molecule has 0 aliphatic heterocycles. The van der Waals surface area contributed by atoms with E-state index >= 15 is 0 Å². The Bertz CT molecular complexity index is 997. The van der Waals surface area contributed by atoms with Crippen LogP contribution in [0.2, 0.25) is 0 Å². The summed E-state index contributed by atoms with van der Waals surface area (Å²) in [5.74, 6) is 0.693. The van der Waals surface area contributed by atoms with Crippen molar-refractivity contribution in [1.82, 2.24) is 0 Å². The zero-order chi connectivity index (χ0) is 19.9. The van der Waals surface area contributed by atoms with Gasteiger partial charge in [0.2, 0.25) is 0 Å².